The van der Waals surface area contributed by atoms with Crippen molar-refractivity contribution in [2.24, 2.45) is 0 Å². The quantitative estimate of drug-likeness (QED) is 0.881. The first-order valence-corrected chi connectivity index (χ1v) is 5.77. The van der Waals surface area contributed by atoms with Crippen LogP contribution in [0.2, 0.25) is 0 Å². The number of amides is 1. The maximum Gasteiger partial charge on any atom is 0.442 e. The molecule has 0 atom stereocenters. The van der Waals surface area contributed by atoms with E-state index in [0.29, 0.717) is 17.4 Å². The first kappa shape index (κ1) is 13.1. The molecule has 0 aliphatic rings. The minimum atomic E-state index is -0.657. The molecular formula is C11H14N4O4. The molecule has 0 radical (unpaired) electrons. The number of nitrogens with zero attached hydrogens (tertiary/aromatic N) is 3. The van der Waals surface area contributed by atoms with Crippen molar-refractivity contribution in [1.29, 1.82) is 0 Å². The van der Waals surface area contributed by atoms with Crippen molar-refractivity contribution in [3.8, 4) is 0 Å². The number of rotatable bonds is 4. The molecule has 1 N–H and O–H groups in total. The Kier molecular flexibility index (Phi) is 3.50. The van der Waals surface area contributed by atoms with Gasteiger partial charge in [0, 0.05) is 12.0 Å². The van der Waals surface area contributed by atoms with E-state index in [4.69, 9.17) is 4.52 Å². The number of nitrogens with one attached hydrogen (secondary N) is 1. The van der Waals surface area contributed by atoms with E-state index in [0.717, 1.165) is 0 Å². The van der Waals surface area contributed by atoms with E-state index in [-0.39, 0.29) is 12.5 Å². The Bertz CT molecular complexity index is 637. The highest BCUT2D eigenvalue weighted by Gasteiger charge is 2.17. The molecule has 102 valence electrons. The number of hydrogen-bond donors (Lipinski definition) is 1. The Balaban J connectivity index is 2.11. The second kappa shape index (κ2) is 5.09. The highest BCUT2D eigenvalue weighted by molar-refractivity contribution is 5.89. The van der Waals surface area contributed by atoms with Gasteiger partial charge in [0.05, 0.1) is 0 Å². The van der Waals surface area contributed by atoms with Crippen molar-refractivity contribution in [3.63, 3.8) is 0 Å². The molecule has 2 heterocycles. The largest absolute Gasteiger partial charge is 0.442 e. The van der Waals surface area contributed by atoms with Crippen LogP contribution in [0.1, 0.15) is 31.4 Å². The zero-order valence-corrected chi connectivity index (χ0v) is 10.8. The molecule has 8 heteroatoms. The monoisotopic (exact) mass is 266 g/mol. The number of aromatic nitrogens is 3. The van der Waals surface area contributed by atoms with E-state index >= 15 is 0 Å². The fraction of sp³-hybridized carbons (Fsp3) is 0.455. The topological polar surface area (TPSA) is 103 Å². The lowest BCUT2D eigenvalue weighted by molar-refractivity contribution is -0.116. The molecule has 2 rings (SSSR count). The number of carbonyl (C=O) groups is 1. The van der Waals surface area contributed by atoms with Gasteiger partial charge in [-0.25, -0.2) is 4.79 Å². The lowest BCUT2D eigenvalue weighted by atomic mass is 10.2. The summed E-state index contributed by atoms with van der Waals surface area (Å²) in [6.07, 6.45) is 0. The van der Waals surface area contributed by atoms with E-state index in [9.17, 15) is 9.59 Å². The van der Waals surface area contributed by atoms with Gasteiger partial charge in [0.15, 0.2) is 11.6 Å². The Hall–Kier alpha value is -2.38. The third-order valence-corrected chi connectivity index (χ3v) is 2.43. The predicted molar refractivity (Wildman–Crippen MR) is 64.7 cm³/mol. The van der Waals surface area contributed by atoms with E-state index < -0.39 is 11.7 Å². The zero-order chi connectivity index (χ0) is 14.0. The average Bonchev–Trinajstić information content (AvgIpc) is 2.87. The Labute approximate surface area is 108 Å². The molecule has 2 aromatic rings. The molecular weight excluding hydrogens is 252 g/mol. The van der Waals surface area contributed by atoms with Crippen LogP contribution in [0.3, 0.4) is 0 Å². The molecule has 2 aromatic heterocycles. The maximum atomic E-state index is 11.8. The third-order valence-electron chi connectivity index (χ3n) is 2.43. The van der Waals surface area contributed by atoms with E-state index in [2.05, 4.69) is 20.2 Å². The van der Waals surface area contributed by atoms with Crippen LogP contribution >= 0.6 is 0 Å². The van der Waals surface area contributed by atoms with Gasteiger partial charge in [-0.3, -0.25) is 13.9 Å². The second-order valence-electron chi connectivity index (χ2n) is 4.42. The lowest BCUT2D eigenvalue weighted by Crippen LogP contribution is -2.26. The molecule has 0 saturated heterocycles. The maximum absolute atomic E-state index is 11.8. The Morgan fingerprint density at radius 3 is 2.74 bits per heavy atom. The van der Waals surface area contributed by atoms with E-state index in [1.165, 1.54) is 4.57 Å². The summed E-state index contributed by atoms with van der Waals surface area (Å²) in [4.78, 5) is 23.3. The molecule has 0 unspecified atom stereocenters. The minimum Gasteiger partial charge on any atom is -0.360 e. The van der Waals surface area contributed by atoms with Crippen molar-refractivity contribution in [2.45, 2.75) is 33.2 Å². The van der Waals surface area contributed by atoms with Crippen molar-refractivity contribution >= 4 is 11.7 Å². The normalized spacial score (nSPS) is 10.9. The van der Waals surface area contributed by atoms with Crippen LogP contribution in [-0.4, -0.2) is 20.8 Å². The first-order valence-electron chi connectivity index (χ1n) is 5.77. The van der Waals surface area contributed by atoms with Gasteiger partial charge in [-0.2, -0.15) is 0 Å². The van der Waals surface area contributed by atoms with Crippen molar-refractivity contribution in [2.75, 3.05) is 5.32 Å². The van der Waals surface area contributed by atoms with Gasteiger partial charge in [-0.15, -0.1) is 0 Å². The van der Waals surface area contributed by atoms with Crippen LogP contribution in [0, 0.1) is 6.92 Å². The van der Waals surface area contributed by atoms with Crippen LogP contribution in [-0.2, 0) is 11.3 Å². The molecule has 0 aliphatic carbocycles. The lowest BCUT2D eigenvalue weighted by Gasteiger charge is -2.05. The summed E-state index contributed by atoms with van der Waals surface area (Å²) in [5.74, 6) is 0.235. The summed E-state index contributed by atoms with van der Waals surface area (Å²) < 4.78 is 10.6. The van der Waals surface area contributed by atoms with Crippen LogP contribution in [0.25, 0.3) is 0 Å². The number of aryl methyl sites for hydroxylation is 1. The number of anilines is 1. The van der Waals surface area contributed by atoms with Crippen LogP contribution in [0.15, 0.2) is 19.9 Å². The van der Waals surface area contributed by atoms with Gasteiger partial charge in [0.1, 0.15) is 12.3 Å². The van der Waals surface area contributed by atoms with Gasteiger partial charge in [0.2, 0.25) is 5.91 Å². The molecule has 19 heavy (non-hydrogen) atoms. The fourth-order valence-electron chi connectivity index (χ4n) is 1.59. The molecule has 8 nitrogen and oxygen atoms in total. The van der Waals surface area contributed by atoms with Gasteiger partial charge in [0.25, 0.3) is 0 Å². The summed E-state index contributed by atoms with van der Waals surface area (Å²) >= 11 is 0. The summed E-state index contributed by atoms with van der Waals surface area (Å²) in [5, 5.41) is 9.79. The summed E-state index contributed by atoms with van der Waals surface area (Å²) in [6.45, 7) is 5.24. The zero-order valence-electron chi connectivity index (χ0n) is 10.8. The molecule has 0 aromatic carbocycles. The highest BCUT2D eigenvalue weighted by atomic mass is 16.5. The smallest absolute Gasteiger partial charge is 0.360 e. The molecule has 0 saturated carbocycles. The Morgan fingerprint density at radius 2 is 2.16 bits per heavy atom. The van der Waals surface area contributed by atoms with Gasteiger partial charge in [-0.1, -0.05) is 24.2 Å². The Morgan fingerprint density at radius 1 is 1.42 bits per heavy atom. The van der Waals surface area contributed by atoms with Crippen LogP contribution in [0.4, 0.5) is 5.82 Å². The summed E-state index contributed by atoms with van der Waals surface area (Å²) in [6, 6.07) is 1.58. The van der Waals surface area contributed by atoms with Crippen LogP contribution in [0.5, 0.6) is 0 Å². The SMILES string of the molecule is Cc1cc(NC(=O)Cn2c(C(C)C)noc2=O)no1. The summed E-state index contributed by atoms with van der Waals surface area (Å²) in [5.41, 5.74) is 0. The molecule has 0 bridgehead atoms. The molecule has 0 fully saturated rings. The standard InChI is InChI=1S/C11H14N4O4/c1-6(2)10-14-19-11(17)15(10)5-9(16)12-8-4-7(3)18-13-8/h4,6H,5H2,1-3H3,(H,12,13,16). The van der Waals surface area contributed by atoms with Crippen molar-refractivity contribution < 1.29 is 13.8 Å². The first-order chi connectivity index (χ1) is 8.97. The van der Waals surface area contributed by atoms with Crippen LogP contribution < -0.4 is 11.1 Å². The van der Waals surface area contributed by atoms with Gasteiger partial charge in [-0.05, 0) is 6.92 Å². The fourth-order valence-corrected chi connectivity index (χ4v) is 1.59. The minimum absolute atomic E-state index is 0.0199. The molecule has 1 amide bonds. The van der Waals surface area contributed by atoms with E-state index in [1.54, 1.807) is 13.0 Å². The van der Waals surface area contributed by atoms with Gasteiger partial charge >= 0.3 is 5.76 Å². The van der Waals surface area contributed by atoms with Crippen molar-refractivity contribution in [1.82, 2.24) is 14.9 Å². The predicted octanol–water partition coefficient (Wildman–Crippen LogP) is 0.895. The average molecular weight is 266 g/mol. The second-order valence-corrected chi connectivity index (χ2v) is 4.42. The highest BCUT2D eigenvalue weighted by Crippen LogP contribution is 2.10. The van der Waals surface area contributed by atoms with Crippen molar-refractivity contribution in [3.05, 3.63) is 28.2 Å². The third kappa shape index (κ3) is 2.90. The molecule has 0 spiro atoms. The van der Waals surface area contributed by atoms with E-state index in [1.807, 2.05) is 13.8 Å². The summed E-state index contributed by atoms with van der Waals surface area (Å²) in [7, 11) is 0. The number of carbonyl (C=O) groups excluding carboxylic acids is 1. The van der Waals surface area contributed by atoms with Gasteiger partial charge < -0.3 is 9.84 Å². The molecule has 0 aliphatic heterocycles. The number of hydrogen-bond acceptors (Lipinski definition) is 6.